The van der Waals surface area contributed by atoms with Crippen molar-refractivity contribution in [3.63, 3.8) is 0 Å². The van der Waals surface area contributed by atoms with Crippen molar-refractivity contribution in [2.45, 2.75) is 122 Å². The highest BCUT2D eigenvalue weighted by Gasteiger charge is 2.33. The van der Waals surface area contributed by atoms with Gasteiger partial charge in [0.1, 0.15) is 5.60 Å². The van der Waals surface area contributed by atoms with Gasteiger partial charge in [-0.25, -0.2) is 0 Å². The molecular formula is C26H44O2. The Kier molecular flexibility index (Phi) is 14.0. The molecule has 28 heavy (non-hydrogen) atoms. The van der Waals surface area contributed by atoms with Gasteiger partial charge in [0.05, 0.1) is 0 Å². The van der Waals surface area contributed by atoms with E-state index in [0.29, 0.717) is 6.42 Å². The summed E-state index contributed by atoms with van der Waals surface area (Å²) in [6.45, 7) is 3.77. The van der Waals surface area contributed by atoms with Crippen LogP contribution in [0.25, 0.3) is 0 Å². The van der Waals surface area contributed by atoms with Crippen LogP contribution in [0.5, 0.6) is 0 Å². The first-order valence-electron chi connectivity index (χ1n) is 11.9. The molecule has 1 atom stereocenters. The predicted octanol–water partition coefficient (Wildman–Crippen LogP) is 7.72. The van der Waals surface area contributed by atoms with Gasteiger partial charge >= 0.3 is 0 Å². The number of rotatable bonds is 18. The Balaban J connectivity index is 1.99. The van der Waals surface area contributed by atoms with E-state index in [1.54, 1.807) is 0 Å². The van der Waals surface area contributed by atoms with Gasteiger partial charge in [-0.2, -0.15) is 0 Å². The molecule has 0 fully saturated rings. The van der Waals surface area contributed by atoms with E-state index >= 15 is 0 Å². The van der Waals surface area contributed by atoms with Crippen molar-refractivity contribution in [1.82, 2.24) is 0 Å². The molecule has 1 aromatic rings. The predicted molar refractivity (Wildman–Crippen MR) is 121 cm³/mol. The summed E-state index contributed by atoms with van der Waals surface area (Å²) < 4.78 is 0. The minimum Gasteiger partial charge on any atom is -0.377 e. The average Bonchev–Trinajstić information content (AvgIpc) is 2.71. The van der Waals surface area contributed by atoms with Crippen molar-refractivity contribution in [3.05, 3.63) is 35.9 Å². The molecule has 0 saturated heterocycles. The molecule has 1 aromatic carbocycles. The number of aliphatic hydroxyl groups is 1. The standard InChI is InChI=1S/C26H44O2/c1-3-4-5-6-7-8-9-10-11-12-13-14-15-16-20-23-26(28,24(2)27)25-21-18-17-19-22-25/h17-19,21-22,28H,3-16,20,23H2,1-2H3. The zero-order chi connectivity index (χ0) is 20.5. The Morgan fingerprint density at radius 2 is 1.11 bits per heavy atom. The fourth-order valence-corrected chi connectivity index (χ4v) is 3.99. The summed E-state index contributed by atoms with van der Waals surface area (Å²) in [5.74, 6) is -0.149. The molecule has 0 amide bonds. The Hall–Kier alpha value is -1.15. The maximum Gasteiger partial charge on any atom is 0.165 e. The minimum absolute atomic E-state index is 0.149. The first kappa shape index (κ1) is 24.9. The molecule has 0 bridgehead atoms. The lowest BCUT2D eigenvalue weighted by Gasteiger charge is -2.25. The molecule has 0 saturated carbocycles. The summed E-state index contributed by atoms with van der Waals surface area (Å²) in [4.78, 5) is 12.0. The number of unbranched alkanes of at least 4 members (excludes halogenated alkanes) is 14. The number of ketones is 1. The third kappa shape index (κ3) is 10.4. The lowest BCUT2D eigenvalue weighted by molar-refractivity contribution is -0.137. The second kappa shape index (κ2) is 15.7. The van der Waals surface area contributed by atoms with E-state index in [9.17, 15) is 9.90 Å². The molecular weight excluding hydrogens is 344 g/mol. The van der Waals surface area contributed by atoms with E-state index in [-0.39, 0.29) is 5.78 Å². The van der Waals surface area contributed by atoms with Gasteiger partial charge in [-0.05, 0) is 25.3 Å². The molecule has 1 unspecified atom stereocenters. The molecule has 0 heterocycles. The number of hydrogen-bond donors (Lipinski definition) is 1. The van der Waals surface area contributed by atoms with Crippen LogP contribution in [0.4, 0.5) is 0 Å². The lowest BCUT2D eigenvalue weighted by Crippen LogP contribution is -2.33. The number of Topliss-reactive ketones (excluding diaryl/α,β-unsaturated/α-hetero) is 1. The van der Waals surface area contributed by atoms with Gasteiger partial charge < -0.3 is 5.11 Å². The van der Waals surface area contributed by atoms with Gasteiger partial charge in [0.2, 0.25) is 0 Å². The lowest BCUT2D eigenvalue weighted by atomic mass is 9.85. The number of hydrogen-bond acceptors (Lipinski definition) is 2. The third-order valence-corrected chi connectivity index (χ3v) is 5.98. The molecule has 0 aliphatic carbocycles. The molecule has 0 aromatic heterocycles. The monoisotopic (exact) mass is 388 g/mol. The minimum atomic E-state index is -1.31. The van der Waals surface area contributed by atoms with Crippen LogP contribution in [0.15, 0.2) is 30.3 Å². The van der Waals surface area contributed by atoms with Crippen LogP contribution in [0, 0.1) is 0 Å². The van der Waals surface area contributed by atoms with E-state index in [1.165, 1.54) is 90.4 Å². The van der Waals surface area contributed by atoms with E-state index in [4.69, 9.17) is 0 Å². The number of carbonyl (C=O) groups is 1. The Bertz CT molecular complexity index is 496. The van der Waals surface area contributed by atoms with Crippen molar-refractivity contribution in [1.29, 1.82) is 0 Å². The summed E-state index contributed by atoms with van der Waals surface area (Å²) in [6, 6.07) is 9.39. The zero-order valence-electron chi connectivity index (χ0n) is 18.6. The maximum absolute atomic E-state index is 12.0. The highest BCUT2D eigenvalue weighted by atomic mass is 16.3. The van der Waals surface area contributed by atoms with Crippen molar-refractivity contribution >= 4 is 5.78 Å². The molecule has 0 aliphatic rings. The van der Waals surface area contributed by atoms with Crippen molar-refractivity contribution in [2.75, 3.05) is 0 Å². The largest absolute Gasteiger partial charge is 0.377 e. The van der Waals surface area contributed by atoms with Crippen LogP contribution in [0.1, 0.15) is 122 Å². The SMILES string of the molecule is CCCCCCCCCCCCCCCCCC(O)(C(C)=O)c1ccccc1. The van der Waals surface area contributed by atoms with E-state index in [1.807, 2.05) is 30.3 Å². The molecule has 160 valence electrons. The number of carbonyl (C=O) groups excluding carboxylic acids is 1. The fourth-order valence-electron chi connectivity index (χ4n) is 3.99. The highest BCUT2D eigenvalue weighted by molar-refractivity contribution is 5.86. The quantitative estimate of drug-likeness (QED) is 0.261. The normalized spacial score (nSPS) is 13.4. The van der Waals surface area contributed by atoms with Gasteiger partial charge in [0.25, 0.3) is 0 Å². The van der Waals surface area contributed by atoms with E-state index < -0.39 is 5.60 Å². The van der Waals surface area contributed by atoms with Crippen molar-refractivity contribution in [2.24, 2.45) is 0 Å². The van der Waals surface area contributed by atoms with Gasteiger partial charge in [0.15, 0.2) is 5.78 Å². The van der Waals surface area contributed by atoms with Crippen LogP contribution in [-0.4, -0.2) is 10.9 Å². The van der Waals surface area contributed by atoms with Gasteiger partial charge in [-0.3, -0.25) is 4.79 Å². The van der Waals surface area contributed by atoms with Gasteiger partial charge in [-0.15, -0.1) is 0 Å². The summed E-state index contributed by atoms with van der Waals surface area (Å²) in [5.41, 5.74) is -0.578. The van der Waals surface area contributed by atoms with Crippen LogP contribution in [0.3, 0.4) is 0 Å². The maximum atomic E-state index is 12.0. The average molecular weight is 389 g/mol. The highest BCUT2D eigenvalue weighted by Crippen LogP contribution is 2.28. The first-order valence-corrected chi connectivity index (χ1v) is 11.9. The van der Waals surface area contributed by atoms with Gasteiger partial charge in [-0.1, -0.05) is 127 Å². The second-order valence-electron chi connectivity index (χ2n) is 8.48. The van der Waals surface area contributed by atoms with Crippen LogP contribution in [-0.2, 0) is 10.4 Å². The zero-order valence-corrected chi connectivity index (χ0v) is 18.6. The van der Waals surface area contributed by atoms with Crippen LogP contribution in [0.2, 0.25) is 0 Å². The summed E-state index contributed by atoms with van der Waals surface area (Å²) in [5, 5.41) is 10.8. The topological polar surface area (TPSA) is 37.3 Å². The molecule has 0 aliphatic heterocycles. The fraction of sp³-hybridized carbons (Fsp3) is 0.731. The van der Waals surface area contributed by atoms with Gasteiger partial charge in [0, 0.05) is 0 Å². The molecule has 1 rings (SSSR count). The summed E-state index contributed by atoms with van der Waals surface area (Å²) >= 11 is 0. The Labute approximate surface area is 174 Å². The van der Waals surface area contributed by atoms with Crippen LogP contribution < -0.4 is 0 Å². The third-order valence-electron chi connectivity index (χ3n) is 5.98. The smallest absolute Gasteiger partial charge is 0.165 e. The van der Waals surface area contributed by atoms with E-state index in [2.05, 4.69) is 6.92 Å². The Morgan fingerprint density at radius 3 is 1.50 bits per heavy atom. The molecule has 2 heteroatoms. The molecule has 0 spiro atoms. The Morgan fingerprint density at radius 1 is 0.714 bits per heavy atom. The summed E-state index contributed by atoms with van der Waals surface area (Å²) in [6.07, 6.45) is 20.3. The molecule has 0 radical (unpaired) electrons. The summed E-state index contributed by atoms with van der Waals surface area (Å²) in [7, 11) is 0. The molecule has 2 nitrogen and oxygen atoms in total. The van der Waals surface area contributed by atoms with Crippen molar-refractivity contribution in [3.8, 4) is 0 Å². The van der Waals surface area contributed by atoms with E-state index in [0.717, 1.165) is 18.4 Å². The number of benzene rings is 1. The van der Waals surface area contributed by atoms with Crippen LogP contribution >= 0.6 is 0 Å². The molecule has 1 N–H and O–H groups in total. The second-order valence-corrected chi connectivity index (χ2v) is 8.48. The first-order chi connectivity index (χ1) is 13.6. The van der Waals surface area contributed by atoms with Crippen molar-refractivity contribution < 1.29 is 9.90 Å².